The first kappa shape index (κ1) is 18.3. The lowest BCUT2D eigenvalue weighted by Gasteiger charge is -2.30. The molecule has 134 valence electrons. The van der Waals surface area contributed by atoms with Crippen molar-refractivity contribution < 1.29 is 13.2 Å². The van der Waals surface area contributed by atoms with Crippen molar-refractivity contribution in [3.63, 3.8) is 0 Å². The van der Waals surface area contributed by atoms with Gasteiger partial charge in [0.15, 0.2) is 5.78 Å². The first-order valence-electron chi connectivity index (χ1n) is 8.66. The summed E-state index contributed by atoms with van der Waals surface area (Å²) in [5.74, 6) is 0.288. The fourth-order valence-electron chi connectivity index (χ4n) is 3.25. The Morgan fingerprint density at radius 2 is 1.80 bits per heavy atom. The molecule has 0 saturated carbocycles. The molecule has 0 atom stereocenters. The summed E-state index contributed by atoms with van der Waals surface area (Å²) < 4.78 is 26.6. The van der Waals surface area contributed by atoms with Crippen LogP contribution in [-0.4, -0.2) is 37.3 Å². The molecule has 1 fully saturated rings. The zero-order valence-electron chi connectivity index (χ0n) is 14.1. The molecule has 0 aliphatic carbocycles. The van der Waals surface area contributed by atoms with Gasteiger partial charge >= 0.3 is 0 Å². The predicted molar refractivity (Wildman–Crippen MR) is 101 cm³/mol. The first-order chi connectivity index (χ1) is 12.1. The van der Waals surface area contributed by atoms with Crippen LogP contribution in [0.4, 0.5) is 0 Å². The molecule has 1 saturated heterocycles. The SMILES string of the molecule is O=C(c1cccs1)C1CCN(S(=O)(=O)CCCc2ccccc2)CC1. The van der Waals surface area contributed by atoms with Crippen LogP contribution in [-0.2, 0) is 16.4 Å². The highest BCUT2D eigenvalue weighted by Gasteiger charge is 2.31. The van der Waals surface area contributed by atoms with E-state index in [1.807, 2.05) is 47.8 Å². The number of carbonyl (C=O) groups excluding carboxylic acids is 1. The van der Waals surface area contributed by atoms with E-state index in [0.29, 0.717) is 32.4 Å². The monoisotopic (exact) mass is 377 g/mol. The lowest BCUT2D eigenvalue weighted by molar-refractivity contribution is 0.0879. The van der Waals surface area contributed by atoms with Gasteiger partial charge in [0, 0.05) is 19.0 Å². The number of sulfonamides is 1. The van der Waals surface area contributed by atoms with Crippen LogP contribution in [0, 0.1) is 5.92 Å². The number of hydrogen-bond donors (Lipinski definition) is 0. The van der Waals surface area contributed by atoms with Crippen LogP contribution < -0.4 is 0 Å². The Labute approximate surface area is 153 Å². The summed E-state index contributed by atoms with van der Waals surface area (Å²) in [4.78, 5) is 13.2. The Morgan fingerprint density at radius 3 is 2.44 bits per heavy atom. The van der Waals surface area contributed by atoms with Crippen molar-refractivity contribution >= 4 is 27.1 Å². The summed E-state index contributed by atoms with van der Waals surface area (Å²) in [5, 5.41) is 1.90. The van der Waals surface area contributed by atoms with Gasteiger partial charge in [-0.25, -0.2) is 12.7 Å². The summed E-state index contributed by atoms with van der Waals surface area (Å²) in [7, 11) is -3.23. The van der Waals surface area contributed by atoms with E-state index in [1.165, 1.54) is 11.3 Å². The maximum Gasteiger partial charge on any atom is 0.214 e. The molecule has 0 radical (unpaired) electrons. The van der Waals surface area contributed by atoms with Crippen molar-refractivity contribution in [3.05, 3.63) is 58.3 Å². The van der Waals surface area contributed by atoms with Gasteiger partial charge < -0.3 is 0 Å². The minimum absolute atomic E-state index is 0.0468. The largest absolute Gasteiger partial charge is 0.293 e. The number of aryl methyl sites for hydroxylation is 1. The molecule has 2 aromatic rings. The predicted octanol–water partition coefficient (Wildman–Crippen LogP) is 3.61. The van der Waals surface area contributed by atoms with Crippen LogP contribution >= 0.6 is 11.3 Å². The van der Waals surface area contributed by atoms with Gasteiger partial charge in [-0.1, -0.05) is 36.4 Å². The maximum absolute atomic E-state index is 12.5. The van der Waals surface area contributed by atoms with Gasteiger partial charge in [0.25, 0.3) is 0 Å². The highest BCUT2D eigenvalue weighted by Crippen LogP contribution is 2.25. The van der Waals surface area contributed by atoms with Crippen molar-refractivity contribution in [1.82, 2.24) is 4.31 Å². The van der Waals surface area contributed by atoms with E-state index in [4.69, 9.17) is 0 Å². The lowest BCUT2D eigenvalue weighted by atomic mass is 9.93. The van der Waals surface area contributed by atoms with Crippen LogP contribution in [0.2, 0.25) is 0 Å². The average molecular weight is 378 g/mol. The minimum atomic E-state index is -3.23. The van der Waals surface area contributed by atoms with Gasteiger partial charge in [-0.15, -0.1) is 11.3 Å². The Bertz CT molecular complexity index is 777. The molecule has 3 rings (SSSR count). The Balaban J connectivity index is 1.48. The van der Waals surface area contributed by atoms with E-state index in [-0.39, 0.29) is 17.5 Å². The molecule has 1 aliphatic heterocycles. The molecule has 4 nitrogen and oxygen atoms in total. The number of carbonyl (C=O) groups is 1. The Morgan fingerprint density at radius 1 is 1.08 bits per heavy atom. The van der Waals surface area contributed by atoms with E-state index in [9.17, 15) is 13.2 Å². The molecule has 25 heavy (non-hydrogen) atoms. The Hall–Kier alpha value is -1.50. The van der Waals surface area contributed by atoms with Crippen LogP contribution in [0.1, 0.15) is 34.5 Å². The van der Waals surface area contributed by atoms with Gasteiger partial charge in [0.1, 0.15) is 0 Å². The quantitative estimate of drug-likeness (QED) is 0.693. The second-order valence-electron chi connectivity index (χ2n) is 6.42. The van der Waals surface area contributed by atoms with Gasteiger partial charge in [-0.2, -0.15) is 0 Å². The van der Waals surface area contributed by atoms with Gasteiger partial charge in [0.2, 0.25) is 10.0 Å². The number of benzene rings is 1. The third-order valence-corrected chi connectivity index (χ3v) is 7.53. The van der Waals surface area contributed by atoms with Crippen LogP contribution in [0.25, 0.3) is 0 Å². The molecule has 0 amide bonds. The maximum atomic E-state index is 12.5. The molecular weight excluding hydrogens is 354 g/mol. The van der Waals surface area contributed by atoms with E-state index in [1.54, 1.807) is 4.31 Å². The van der Waals surface area contributed by atoms with E-state index in [2.05, 4.69) is 0 Å². The smallest absolute Gasteiger partial charge is 0.214 e. The molecule has 1 aliphatic rings. The Kier molecular flexibility index (Phi) is 6.04. The zero-order chi connectivity index (χ0) is 17.7. The van der Waals surface area contributed by atoms with Crippen LogP contribution in [0.3, 0.4) is 0 Å². The second kappa shape index (κ2) is 8.25. The summed E-state index contributed by atoms with van der Waals surface area (Å²) in [6, 6.07) is 13.7. The number of nitrogens with zero attached hydrogens (tertiary/aromatic N) is 1. The topological polar surface area (TPSA) is 54.5 Å². The zero-order valence-corrected chi connectivity index (χ0v) is 15.8. The highest BCUT2D eigenvalue weighted by atomic mass is 32.2. The van der Waals surface area contributed by atoms with E-state index >= 15 is 0 Å². The third-order valence-electron chi connectivity index (χ3n) is 4.69. The standard InChI is InChI=1S/C19H23NO3S2/c21-19(18-9-4-14-24-18)17-10-12-20(13-11-17)25(22,23)15-5-8-16-6-2-1-3-7-16/h1-4,6-7,9,14,17H,5,8,10-13,15H2. The van der Waals surface area contributed by atoms with Crippen LogP contribution in [0.5, 0.6) is 0 Å². The summed E-state index contributed by atoms with van der Waals surface area (Å²) in [5.41, 5.74) is 1.16. The fourth-order valence-corrected chi connectivity index (χ4v) is 5.53. The van der Waals surface area contributed by atoms with E-state index in [0.717, 1.165) is 16.9 Å². The van der Waals surface area contributed by atoms with Gasteiger partial charge in [-0.05, 0) is 42.7 Å². The number of thiophene rings is 1. The number of hydrogen-bond acceptors (Lipinski definition) is 4. The molecule has 2 heterocycles. The molecule has 0 bridgehead atoms. The minimum Gasteiger partial charge on any atom is -0.293 e. The fraction of sp³-hybridized carbons (Fsp3) is 0.421. The summed E-state index contributed by atoms with van der Waals surface area (Å²) in [6.07, 6.45) is 2.64. The number of Topliss-reactive ketones (excluding diaryl/α,β-unsaturated/α-hetero) is 1. The van der Waals surface area contributed by atoms with Gasteiger partial charge in [0.05, 0.1) is 10.6 Å². The normalized spacial score (nSPS) is 16.8. The molecule has 0 spiro atoms. The van der Waals surface area contributed by atoms with E-state index < -0.39 is 10.0 Å². The van der Waals surface area contributed by atoms with Crippen molar-refractivity contribution in [2.24, 2.45) is 5.92 Å². The molecule has 0 N–H and O–H groups in total. The average Bonchev–Trinajstić information content (AvgIpc) is 3.17. The van der Waals surface area contributed by atoms with Crippen LogP contribution in [0.15, 0.2) is 47.8 Å². The first-order valence-corrected chi connectivity index (χ1v) is 11.1. The van der Waals surface area contributed by atoms with Crippen molar-refractivity contribution in [2.45, 2.75) is 25.7 Å². The molecule has 1 aromatic carbocycles. The molecular formula is C19H23NO3S2. The number of piperidine rings is 1. The van der Waals surface area contributed by atoms with Crippen molar-refractivity contribution in [3.8, 4) is 0 Å². The van der Waals surface area contributed by atoms with Gasteiger partial charge in [-0.3, -0.25) is 4.79 Å². The summed E-state index contributed by atoms with van der Waals surface area (Å²) in [6.45, 7) is 0.908. The molecule has 1 aromatic heterocycles. The second-order valence-corrected chi connectivity index (χ2v) is 9.46. The highest BCUT2D eigenvalue weighted by molar-refractivity contribution is 7.89. The number of rotatable bonds is 7. The van der Waals surface area contributed by atoms with Crippen molar-refractivity contribution in [2.75, 3.05) is 18.8 Å². The lowest BCUT2D eigenvalue weighted by Crippen LogP contribution is -2.41. The third kappa shape index (κ3) is 4.77. The molecule has 6 heteroatoms. The summed E-state index contributed by atoms with van der Waals surface area (Å²) >= 11 is 1.46. The van der Waals surface area contributed by atoms with Crippen molar-refractivity contribution in [1.29, 1.82) is 0 Å². The number of ketones is 1. The molecule has 0 unspecified atom stereocenters.